The molecule has 2 rings (SSSR count). The summed E-state index contributed by atoms with van der Waals surface area (Å²) < 4.78 is 11.0. The van der Waals surface area contributed by atoms with E-state index in [-0.39, 0.29) is 24.3 Å². The lowest BCUT2D eigenvalue weighted by atomic mass is 9.82. The van der Waals surface area contributed by atoms with E-state index in [0.29, 0.717) is 13.2 Å². The molecule has 0 saturated heterocycles. The summed E-state index contributed by atoms with van der Waals surface area (Å²) in [5.41, 5.74) is 0.541. The molecule has 1 aliphatic carbocycles. The third-order valence-electron chi connectivity index (χ3n) is 3.56. The standard InChI is InChI=1S/C16H27N3O3S/c1-6-21-12-7-11(19-15(20)22-16(3,4)5)14(12)17-8-13-18-10(2)9-23-13/h9,11-12,14,17H,6-8H2,1-5H3,(H,19,20). The van der Waals surface area contributed by atoms with Gasteiger partial charge in [-0.05, 0) is 41.0 Å². The van der Waals surface area contributed by atoms with E-state index in [1.807, 2.05) is 40.0 Å². The third kappa shape index (κ3) is 5.44. The van der Waals surface area contributed by atoms with Crippen LogP contribution in [0.5, 0.6) is 0 Å². The molecule has 0 aliphatic heterocycles. The largest absolute Gasteiger partial charge is 0.444 e. The Morgan fingerprint density at radius 3 is 2.78 bits per heavy atom. The Bertz CT molecular complexity index is 527. The number of nitrogens with one attached hydrogen (secondary N) is 2. The molecule has 6 nitrogen and oxygen atoms in total. The maximum Gasteiger partial charge on any atom is 0.407 e. The zero-order chi connectivity index (χ0) is 17.0. The van der Waals surface area contributed by atoms with Crippen molar-refractivity contribution in [1.82, 2.24) is 15.6 Å². The average Bonchev–Trinajstić information content (AvgIpc) is 2.81. The van der Waals surface area contributed by atoms with E-state index in [1.54, 1.807) is 11.3 Å². The van der Waals surface area contributed by atoms with Gasteiger partial charge in [0, 0.05) is 24.2 Å². The van der Waals surface area contributed by atoms with Crippen molar-refractivity contribution >= 4 is 17.4 Å². The first-order chi connectivity index (χ1) is 10.8. The normalized spacial score (nSPS) is 24.1. The summed E-state index contributed by atoms with van der Waals surface area (Å²) >= 11 is 1.64. The van der Waals surface area contributed by atoms with Crippen molar-refractivity contribution in [3.63, 3.8) is 0 Å². The molecule has 7 heteroatoms. The van der Waals surface area contributed by atoms with Gasteiger partial charge in [-0.25, -0.2) is 9.78 Å². The van der Waals surface area contributed by atoms with E-state index in [0.717, 1.165) is 17.1 Å². The number of thiazole rings is 1. The molecule has 130 valence electrons. The summed E-state index contributed by atoms with van der Waals surface area (Å²) in [5, 5.41) is 9.46. The van der Waals surface area contributed by atoms with E-state index in [4.69, 9.17) is 9.47 Å². The first-order valence-corrected chi connectivity index (χ1v) is 8.92. The number of hydrogen-bond acceptors (Lipinski definition) is 6. The van der Waals surface area contributed by atoms with Gasteiger partial charge in [0.15, 0.2) is 0 Å². The molecule has 1 fully saturated rings. The molecule has 1 saturated carbocycles. The summed E-state index contributed by atoms with van der Waals surface area (Å²) in [7, 11) is 0. The van der Waals surface area contributed by atoms with Crippen molar-refractivity contribution in [3.05, 3.63) is 16.1 Å². The fourth-order valence-electron chi connectivity index (χ4n) is 2.56. The molecule has 0 radical (unpaired) electrons. The quantitative estimate of drug-likeness (QED) is 0.832. The number of carbonyl (C=O) groups is 1. The van der Waals surface area contributed by atoms with Crippen molar-refractivity contribution in [2.24, 2.45) is 0 Å². The molecule has 1 heterocycles. The summed E-state index contributed by atoms with van der Waals surface area (Å²) in [5.74, 6) is 0. The number of alkyl carbamates (subject to hydrolysis) is 1. The van der Waals surface area contributed by atoms with Gasteiger partial charge in [-0.15, -0.1) is 11.3 Å². The van der Waals surface area contributed by atoms with Crippen molar-refractivity contribution in [2.75, 3.05) is 6.61 Å². The second-order valence-corrected chi connectivity index (χ2v) is 7.71. The number of aryl methyl sites for hydroxylation is 1. The molecule has 2 N–H and O–H groups in total. The number of ether oxygens (including phenoxy) is 2. The number of rotatable bonds is 6. The fourth-order valence-corrected chi connectivity index (χ4v) is 3.29. The fraction of sp³-hybridized carbons (Fsp3) is 0.750. The maximum absolute atomic E-state index is 11.9. The molecule has 23 heavy (non-hydrogen) atoms. The predicted octanol–water partition coefficient (Wildman–Crippen LogP) is 2.61. The summed E-state index contributed by atoms with van der Waals surface area (Å²) in [6.07, 6.45) is 0.525. The van der Waals surface area contributed by atoms with E-state index in [9.17, 15) is 4.79 Å². The Morgan fingerprint density at radius 2 is 2.22 bits per heavy atom. The number of carbonyl (C=O) groups excluding carboxylic acids is 1. The monoisotopic (exact) mass is 341 g/mol. The van der Waals surface area contributed by atoms with Gasteiger partial charge >= 0.3 is 6.09 Å². The third-order valence-corrected chi connectivity index (χ3v) is 4.53. The summed E-state index contributed by atoms with van der Waals surface area (Å²) in [6.45, 7) is 10.9. The first-order valence-electron chi connectivity index (χ1n) is 8.04. The molecule has 1 aliphatic rings. The van der Waals surface area contributed by atoms with Crippen LogP contribution in [0.3, 0.4) is 0 Å². The second-order valence-electron chi connectivity index (χ2n) is 6.77. The smallest absolute Gasteiger partial charge is 0.407 e. The zero-order valence-electron chi connectivity index (χ0n) is 14.5. The predicted molar refractivity (Wildman–Crippen MR) is 90.7 cm³/mol. The second kappa shape index (κ2) is 7.59. The molecule has 3 unspecified atom stereocenters. The van der Waals surface area contributed by atoms with Gasteiger partial charge in [0.2, 0.25) is 0 Å². The van der Waals surface area contributed by atoms with Gasteiger partial charge < -0.3 is 20.1 Å². The number of nitrogens with zero attached hydrogens (tertiary/aromatic N) is 1. The van der Waals surface area contributed by atoms with Crippen LogP contribution in [0.2, 0.25) is 0 Å². The van der Waals surface area contributed by atoms with Crippen LogP contribution in [-0.4, -0.2) is 41.5 Å². The Labute approximate surface area is 142 Å². The molecule has 0 aromatic carbocycles. The van der Waals surface area contributed by atoms with E-state index < -0.39 is 5.60 Å². The minimum atomic E-state index is -0.492. The van der Waals surface area contributed by atoms with Crippen molar-refractivity contribution in [3.8, 4) is 0 Å². The van der Waals surface area contributed by atoms with Crippen LogP contribution in [0.1, 0.15) is 44.8 Å². The minimum absolute atomic E-state index is 0.0162. The summed E-state index contributed by atoms with van der Waals surface area (Å²) in [4.78, 5) is 16.4. The van der Waals surface area contributed by atoms with Gasteiger partial charge in [-0.2, -0.15) is 0 Å². The highest BCUT2D eigenvalue weighted by Crippen LogP contribution is 2.25. The Kier molecular flexibility index (Phi) is 6.00. The van der Waals surface area contributed by atoms with Crippen molar-refractivity contribution < 1.29 is 14.3 Å². The van der Waals surface area contributed by atoms with Gasteiger partial charge in [0.05, 0.1) is 18.2 Å². The van der Waals surface area contributed by atoms with Crippen LogP contribution in [0.4, 0.5) is 4.79 Å². The van der Waals surface area contributed by atoms with Gasteiger partial charge in [0.1, 0.15) is 10.6 Å². The average molecular weight is 341 g/mol. The maximum atomic E-state index is 11.9. The van der Waals surface area contributed by atoms with Crippen LogP contribution in [-0.2, 0) is 16.0 Å². The Morgan fingerprint density at radius 1 is 1.48 bits per heavy atom. The van der Waals surface area contributed by atoms with Crippen LogP contribution in [0.25, 0.3) is 0 Å². The van der Waals surface area contributed by atoms with E-state index in [1.165, 1.54) is 0 Å². The van der Waals surface area contributed by atoms with Crippen LogP contribution in [0, 0.1) is 6.92 Å². The lowest BCUT2D eigenvalue weighted by Gasteiger charge is -2.44. The zero-order valence-corrected chi connectivity index (χ0v) is 15.3. The van der Waals surface area contributed by atoms with E-state index >= 15 is 0 Å². The number of amides is 1. The molecule has 3 atom stereocenters. The van der Waals surface area contributed by atoms with Crippen molar-refractivity contribution in [2.45, 2.75) is 71.4 Å². The molecule has 0 spiro atoms. The van der Waals surface area contributed by atoms with E-state index in [2.05, 4.69) is 15.6 Å². The Hall–Kier alpha value is -1.18. The highest BCUT2D eigenvalue weighted by molar-refractivity contribution is 7.09. The number of aromatic nitrogens is 1. The Balaban J connectivity index is 1.87. The van der Waals surface area contributed by atoms with Crippen LogP contribution < -0.4 is 10.6 Å². The highest BCUT2D eigenvalue weighted by Gasteiger charge is 2.43. The lowest BCUT2D eigenvalue weighted by molar-refractivity contribution is -0.0438. The van der Waals surface area contributed by atoms with Gasteiger partial charge in [0.25, 0.3) is 0 Å². The molecule has 1 aromatic heterocycles. The lowest BCUT2D eigenvalue weighted by Crippen LogP contribution is -2.66. The highest BCUT2D eigenvalue weighted by atomic mass is 32.1. The molecule has 1 amide bonds. The SMILES string of the molecule is CCOC1CC(NC(=O)OC(C)(C)C)C1NCc1nc(C)cs1. The van der Waals surface area contributed by atoms with Gasteiger partial charge in [-0.3, -0.25) is 0 Å². The summed E-state index contributed by atoms with van der Waals surface area (Å²) in [6, 6.07) is 0.0918. The molecular formula is C16H27N3O3S. The topological polar surface area (TPSA) is 72.5 Å². The van der Waals surface area contributed by atoms with Crippen LogP contribution in [0.15, 0.2) is 5.38 Å². The first kappa shape index (κ1) is 18.2. The van der Waals surface area contributed by atoms with Crippen molar-refractivity contribution in [1.29, 1.82) is 0 Å². The number of hydrogen-bond donors (Lipinski definition) is 2. The molecule has 1 aromatic rings. The molecule has 0 bridgehead atoms. The molecular weight excluding hydrogens is 314 g/mol. The minimum Gasteiger partial charge on any atom is -0.444 e. The van der Waals surface area contributed by atoms with Crippen LogP contribution >= 0.6 is 11.3 Å². The van der Waals surface area contributed by atoms with Gasteiger partial charge in [-0.1, -0.05) is 0 Å².